The molecule has 1 heterocycles. The van der Waals surface area contributed by atoms with Crippen LogP contribution in [0, 0.1) is 0 Å². The van der Waals surface area contributed by atoms with Crippen molar-refractivity contribution >= 4 is 23.4 Å². The highest BCUT2D eigenvalue weighted by atomic mass is 16.2. The number of rotatable bonds is 6. The second kappa shape index (κ2) is 8.82. The van der Waals surface area contributed by atoms with Crippen LogP contribution < -0.4 is 16.0 Å². The van der Waals surface area contributed by atoms with Crippen molar-refractivity contribution in [3.05, 3.63) is 54.1 Å². The number of para-hydroxylation sites is 1. The molecule has 0 bridgehead atoms. The van der Waals surface area contributed by atoms with E-state index in [9.17, 15) is 4.79 Å². The first-order valence-corrected chi connectivity index (χ1v) is 8.68. The molecular weight excluding hydrogens is 314 g/mol. The number of amides is 2. The molecule has 3 rings (SSSR count). The van der Waals surface area contributed by atoms with Gasteiger partial charge in [0.2, 0.25) is 0 Å². The summed E-state index contributed by atoms with van der Waals surface area (Å²) in [6, 6.07) is 12.5. The third-order valence-corrected chi connectivity index (χ3v) is 4.08. The van der Waals surface area contributed by atoms with E-state index in [4.69, 9.17) is 0 Å². The van der Waals surface area contributed by atoms with Crippen molar-refractivity contribution in [2.24, 2.45) is 0 Å². The maximum Gasteiger partial charge on any atom is 0.324 e. The number of carbonyl (C=O) groups excluding carboxylic acids is 1. The summed E-state index contributed by atoms with van der Waals surface area (Å²) in [7, 11) is 0. The zero-order valence-electron chi connectivity index (χ0n) is 14.2. The van der Waals surface area contributed by atoms with Crippen LogP contribution >= 0.6 is 0 Å². The lowest BCUT2D eigenvalue weighted by Crippen LogP contribution is -2.20. The van der Waals surface area contributed by atoms with Crippen LogP contribution in [0.5, 0.6) is 0 Å². The van der Waals surface area contributed by atoms with E-state index >= 15 is 0 Å². The molecule has 1 aliphatic carbocycles. The summed E-state index contributed by atoms with van der Waals surface area (Å²) in [6.07, 6.45) is 8.44. The van der Waals surface area contributed by atoms with Crippen molar-refractivity contribution in [2.45, 2.75) is 32.1 Å². The Morgan fingerprint density at radius 3 is 2.48 bits per heavy atom. The summed E-state index contributed by atoms with van der Waals surface area (Å²) >= 11 is 0. The molecule has 3 N–H and O–H groups in total. The standard InChI is InChI=1S/C19H23N5O/c25-19(21-16-9-5-2-6-10-16)22-18-12-11-17(23-24-18)20-14-13-15-7-3-1-4-8-15/h2,5-7,9-12H,1,3-4,8,13-14H2,(H,20,23)(H2,21,22,24,25). The highest BCUT2D eigenvalue weighted by molar-refractivity contribution is 5.99. The Morgan fingerprint density at radius 1 is 0.960 bits per heavy atom. The van der Waals surface area contributed by atoms with Crippen molar-refractivity contribution in [3.63, 3.8) is 0 Å². The van der Waals surface area contributed by atoms with E-state index in [1.165, 1.54) is 31.3 Å². The second-order valence-corrected chi connectivity index (χ2v) is 6.03. The molecule has 1 aromatic heterocycles. The highest BCUT2D eigenvalue weighted by Gasteiger charge is 2.05. The minimum Gasteiger partial charge on any atom is -0.368 e. The van der Waals surface area contributed by atoms with Gasteiger partial charge in [0.1, 0.15) is 5.82 Å². The Labute approximate surface area is 147 Å². The molecule has 130 valence electrons. The number of allylic oxidation sites excluding steroid dienone is 1. The van der Waals surface area contributed by atoms with Gasteiger partial charge < -0.3 is 10.6 Å². The molecule has 6 heteroatoms. The predicted molar refractivity (Wildman–Crippen MR) is 101 cm³/mol. The number of hydrogen-bond acceptors (Lipinski definition) is 4. The Hall–Kier alpha value is -2.89. The molecule has 0 saturated carbocycles. The van der Waals surface area contributed by atoms with Crippen LogP contribution in [0.15, 0.2) is 54.1 Å². The fourth-order valence-corrected chi connectivity index (χ4v) is 2.78. The molecule has 1 aromatic carbocycles. The number of aromatic nitrogens is 2. The Morgan fingerprint density at radius 2 is 1.76 bits per heavy atom. The van der Waals surface area contributed by atoms with Crippen LogP contribution in [0.2, 0.25) is 0 Å². The lowest BCUT2D eigenvalue weighted by atomic mass is 9.97. The van der Waals surface area contributed by atoms with Gasteiger partial charge in [-0.05, 0) is 56.4 Å². The van der Waals surface area contributed by atoms with Crippen molar-refractivity contribution in [3.8, 4) is 0 Å². The van der Waals surface area contributed by atoms with Gasteiger partial charge in [0, 0.05) is 12.2 Å². The predicted octanol–water partition coefficient (Wildman–Crippen LogP) is 4.42. The summed E-state index contributed by atoms with van der Waals surface area (Å²) in [6.45, 7) is 0.849. The average molecular weight is 337 g/mol. The number of benzene rings is 1. The van der Waals surface area contributed by atoms with Crippen molar-refractivity contribution < 1.29 is 4.79 Å². The molecule has 0 radical (unpaired) electrons. The smallest absolute Gasteiger partial charge is 0.324 e. The van der Waals surface area contributed by atoms with Crippen LogP contribution in [0.3, 0.4) is 0 Å². The summed E-state index contributed by atoms with van der Waals surface area (Å²) in [4.78, 5) is 11.9. The van der Waals surface area contributed by atoms with Gasteiger partial charge in [0.15, 0.2) is 5.82 Å². The largest absolute Gasteiger partial charge is 0.368 e. The van der Waals surface area contributed by atoms with E-state index in [2.05, 4.69) is 32.2 Å². The molecule has 2 amide bonds. The number of carbonyl (C=O) groups is 1. The lowest BCUT2D eigenvalue weighted by Gasteiger charge is -2.13. The molecule has 25 heavy (non-hydrogen) atoms. The minimum atomic E-state index is -0.342. The fourth-order valence-electron chi connectivity index (χ4n) is 2.78. The summed E-state index contributed by atoms with van der Waals surface area (Å²) in [5.41, 5.74) is 2.26. The fraction of sp³-hybridized carbons (Fsp3) is 0.316. The molecule has 0 saturated heterocycles. The molecular formula is C19H23N5O. The Bertz CT molecular complexity index is 712. The van der Waals surface area contributed by atoms with Gasteiger partial charge >= 0.3 is 6.03 Å². The highest BCUT2D eigenvalue weighted by Crippen LogP contribution is 2.20. The van der Waals surface area contributed by atoms with Gasteiger partial charge in [0.25, 0.3) is 0 Å². The van der Waals surface area contributed by atoms with E-state index in [1.54, 1.807) is 6.07 Å². The molecule has 1 aliphatic rings. The van der Waals surface area contributed by atoms with Crippen LogP contribution in [-0.4, -0.2) is 22.8 Å². The monoisotopic (exact) mass is 337 g/mol. The van der Waals surface area contributed by atoms with E-state index in [0.717, 1.165) is 18.7 Å². The third-order valence-electron chi connectivity index (χ3n) is 4.08. The first-order valence-electron chi connectivity index (χ1n) is 8.68. The molecule has 0 fully saturated rings. The first-order chi connectivity index (χ1) is 12.3. The van der Waals surface area contributed by atoms with Crippen molar-refractivity contribution in [1.82, 2.24) is 10.2 Å². The maximum absolute atomic E-state index is 11.9. The summed E-state index contributed by atoms with van der Waals surface area (Å²) < 4.78 is 0. The van der Waals surface area contributed by atoms with Gasteiger partial charge in [0.05, 0.1) is 0 Å². The Kier molecular flexibility index (Phi) is 5.98. The maximum atomic E-state index is 11.9. The second-order valence-electron chi connectivity index (χ2n) is 6.03. The molecule has 0 unspecified atom stereocenters. The molecule has 0 spiro atoms. The van der Waals surface area contributed by atoms with E-state index < -0.39 is 0 Å². The van der Waals surface area contributed by atoms with E-state index in [-0.39, 0.29) is 6.03 Å². The van der Waals surface area contributed by atoms with E-state index in [0.29, 0.717) is 11.6 Å². The van der Waals surface area contributed by atoms with Crippen LogP contribution in [-0.2, 0) is 0 Å². The number of nitrogens with zero attached hydrogens (tertiary/aromatic N) is 2. The van der Waals surface area contributed by atoms with Gasteiger partial charge in [-0.25, -0.2) is 4.79 Å². The minimum absolute atomic E-state index is 0.342. The van der Waals surface area contributed by atoms with Gasteiger partial charge in [-0.15, -0.1) is 10.2 Å². The quantitative estimate of drug-likeness (QED) is 0.682. The molecule has 2 aromatic rings. The molecule has 0 atom stereocenters. The Balaban J connectivity index is 1.43. The summed E-state index contributed by atoms with van der Waals surface area (Å²) in [5.74, 6) is 1.12. The number of nitrogens with one attached hydrogen (secondary N) is 3. The number of urea groups is 1. The van der Waals surface area contributed by atoms with Gasteiger partial charge in [-0.3, -0.25) is 5.32 Å². The zero-order chi connectivity index (χ0) is 17.3. The van der Waals surface area contributed by atoms with Crippen molar-refractivity contribution in [1.29, 1.82) is 0 Å². The number of anilines is 3. The lowest BCUT2D eigenvalue weighted by molar-refractivity contribution is 0.262. The first kappa shape index (κ1) is 17.0. The van der Waals surface area contributed by atoms with Gasteiger partial charge in [-0.1, -0.05) is 29.8 Å². The third kappa shape index (κ3) is 5.60. The number of hydrogen-bond donors (Lipinski definition) is 3. The topological polar surface area (TPSA) is 78.9 Å². The zero-order valence-corrected chi connectivity index (χ0v) is 14.2. The van der Waals surface area contributed by atoms with Crippen molar-refractivity contribution in [2.75, 3.05) is 22.5 Å². The van der Waals surface area contributed by atoms with E-state index in [1.807, 2.05) is 36.4 Å². The van der Waals surface area contributed by atoms with Gasteiger partial charge in [-0.2, -0.15) is 0 Å². The van der Waals surface area contributed by atoms with Crippen LogP contribution in [0.25, 0.3) is 0 Å². The van der Waals surface area contributed by atoms with Crippen LogP contribution in [0.4, 0.5) is 22.1 Å². The normalized spacial score (nSPS) is 13.7. The van der Waals surface area contributed by atoms with Crippen LogP contribution in [0.1, 0.15) is 32.1 Å². The molecule has 0 aliphatic heterocycles. The average Bonchev–Trinajstić information content (AvgIpc) is 2.65. The SMILES string of the molecule is O=C(Nc1ccccc1)Nc1ccc(NCCC2=CCCCC2)nn1. The summed E-state index contributed by atoms with van der Waals surface area (Å²) in [5, 5.41) is 16.8. The molecule has 6 nitrogen and oxygen atoms in total.